The van der Waals surface area contributed by atoms with Crippen molar-refractivity contribution in [2.75, 3.05) is 18.4 Å². The Bertz CT molecular complexity index is 1980. The molecular weight excluding hydrogens is 713 g/mol. The van der Waals surface area contributed by atoms with Gasteiger partial charge < -0.3 is 23.8 Å². The van der Waals surface area contributed by atoms with Gasteiger partial charge in [-0.2, -0.15) is 0 Å². The van der Waals surface area contributed by atoms with Crippen LogP contribution in [0.3, 0.4) is 0 Å². The first-order valence-electron chi connectivity index (χ1n) is 18.6. The van der Waals surface area contributed by atoms with Crippen molar-refractivity contribution < 1.29 is 32.6 Å². The number of thiophene rings is 1. The van der Waals surface area contributed by atoms with Gasteiger partial charge in [0, 0.05) is 31.7 Å². The van der Waals surface area contributed by atoms with Gasteiger partial charge in [-0.05, 0) is 99.6 Å². The lowest BCUT2D eigenvalue weighted by Crippen LogP contribution is -2.53. The molecule has 4 aromatic rings. The molecule has 13 heteroatoms. The number of hydrogen-bond acceptors (Lipinski definition) is 7. The van der Waals surface area contributed by atoms with Gasteiger partial charge in [0.25, 0.3) is 12.3 Å². The maximum absolute atomic E-state index is 13.6. The number of aromatic nitrogens is 2. The normalized spacial score (nSPS) is 19.4. The number of imidazole rings is 1. The van der Waals surface area contributed by atoms with Crippen LogP contribution < -0.4 is 5.32 Å². The average Bonchev–Trinajstić information content (AvgIpc) is 3.73. The van der Waals surface area contributed by atoms with E-state index in [1.165, 1.54) is 12.1 Å². The highest BCUT2D eigenvalue weighted by Gasteiger charge is 2.49. The quantitative estimate of drug-likeness (QED) is 0.182. The van der Waals surface area contributed by atoms with Gasteiger partial charge in [0.15, 0.2) is 0 Å². The number of amides is 3. The molecule has 1 saturated heterocycles. The molecule has 290 valence electrons. The number of carbonyl (C=O) groups is 3. The third-order valence-corrected chi connectivity index (χ3v) is 11.7. The van der Waals surface area contributed by atoms with Gasteiger partial charge in [0.05, 0.1) is 20.8 Å². The van der Waals surface area contributed by atoms with E-state index >= 15 is 0 Å². The Hall–Kier alpha value is -4.52. The number of carbonyl (C=O) groups excluding carboxylic acids is 3. The van der Waals surface area contributed by atoms with E-state index in [9.17, 15) is 23.2 Å². The summed E-state index contributed by atoms with van der Waals surface area (Å²) in [4.78, 5) is 48.4. The van der Waals surface area contributed by atoms with Crippen LogP contribution in [0.2, 0.25) is 0 Å². The van der Waals surface area contributed by atoms with E-state index < -0.39 is 24.0 Å². The number of piperidine rings is 1. The predicted molar refractivity (Wildman–Crippen MR) is 206 cm³/mol. The van der Waals surface area contributed by atoms with E-state index in [1.807, 2.05) is 80.8 Å². The van der Waals surface area contributed by atoms with Crippen LogP contribution in [0.25, 0.3) is 11.0 Å². The lowest BCUT2D eigenvalue weighted by molar-refractivity contribution is -0.0332. The Balaban J connectivity index is 1.28. The minimum atomic E-state index is -2.67. The number of alkyl halides is 2. The number of ether oxygens (including phenoxy) is 2. The lowest BCUT2D eigenvalue weighted by atomic mass is 9.61. The molecule has 10 nitrogen and oxygen atoms in total. The Labute approximate surface area is 319 Å². The maximum Gasteiger partial charge on any atom is 0.410 e. The van der Waals surface area contributed by atoms with Crippen LogP contribution in [-0.2, 0) is 22.6 Å². The van der Waals surface area contributed by atoms with Gasteiger partial charge in [-0.15, -0.1) is 11.3 Å². The van der Waals surface area contributed by atoms with Crippen LogP contribution in [0.4, 0.5) is 24.3 Å². The van der Waals surface area contributed by atoms with Crippen molar-refractivity contribution in [2.24, 2.45) is 10.8 Å². The second-order valence-electron chi connectivity index (χ2n) is 16.9. The first-order chi connectivity index (χ1) is 25.4. The highest BCUT2D eigenvalue weighted by Crippen LogP contribution is 2.55. The zero-order valence-corrected chi connectivity index (χ0v) is 33.0. The molecule has 3 amide bonds. The number of likely N-dealkylation sites (tertiary alicyclic amines) is 1. The van der Waals surface area contributed by atoms with Crippen molar-refractivity contribution in [3.8, 4) is 0 Å². The summed E-state index contributed by atoms with van der Waals surface area (Å²) < 4.78 is 40.3. The fourth-order valence-corrected chi connectivity index (χ4v) is 8.19. The Morgan fingerprint density at radius 2 is 1.74 bits per heavy atom. The largest absolute Gasteiger partial charge is 0.445 e. The zero-order valence-electron chi connectivity index (χ0n) is 32.2. The topological polar surface area (TPSA) is 106 Å². The number of benzene rings is 2. The van der Waals surface area contributed by atoms with E-state index in [0.29, 0.717) is 24.6 Å². The smallest absolute Gasteiger partial charge is 0.410 e. The molecule has 6 rings (SSSR count). The summed E-state index contributed by atoms with van der Waals surface area (Å²) in [5.41, 5.74) is 2.24. The molecular formula is C41H51F2N5O5S. The summed E-state index contributed by atoms with van der Waals surface area (Å²) in [7, 11) is 0. The highest BCUT2D eigenvalue weighted by atomic mass is 32.1. The van der Waals surface area contributed by atoms with Crippen LogP contribution in [0.5, 0.6) is 0 Å². The van der Waals surface area contributed by atoms with Gasteiger partial charge in [-0.3, -0.25) is 10.1 Å². The van der Waals surface area contributed by atoms with Gasteiger partial charge >= 0.3 is 12.2 Å². The molecule has 1 saturated carbocycles. The van der Waals surface area contributed by atoms with E-state index in [1.54, 1.807) is 9.80 Å². The minimum absolute atomic E-state index is 0.0277. The van der Waals surface area contributed by atoms with Crippen molar-refractivity contribution in [3.63, 3.8) is 0 Å². The van der Waals surface area contributed by atoms with Crippen LogP contribution >= 0.6 is 11.3 Å². The van der Waals surface area contributed by atoms with Gasteiger partial charge in [-0.1, -0.05) is 57.2 Å². The van der Waals surface area contributed by atoms with Crippen molar-refractivity contribution in [1.82, 2.24) is 19.4 Å². The molecule has 1 aliphatic carbocycles. The molecule has 0 bridgehead atoms. The van der Waals surface area contributed by atoms with Gasteiger partial charge in [0.1, 0.15) is 12.2 Å². The fourth-order valence-electron chi connectivity index (χ4n) is 7.43. The summed E-state index contributed by atoms with van der Waals surface area (Å²) in [6.07, 6.45) is -0.0382. The molecule has 0 radical (unpaired) electrons. The first kappa shape index (κ1) is 39.2. The predicted octanol–water partition coefficient (Wildman–Crippen LogP) is 10.2. The molecule has 54 heavy (non-hydrogen) atoms. The Morgan fingerprint density at radius 1 is 1.02 bits per heavy atom. The number of halogens is 2. The third kappa shape index (κ3) is 8.88. The number of nitrogens with one attached hydrogen (secondary N) is 1. The number of hydrogen-bond donors (Lipinski definition) is 1. The fraction of sp³-hybridized carbons (Fsp3) is 0.512. The molecule has 2 fully saturated rings. The molecule has 0 unspecified atom stereocenters. The van der Waals surface area contributed by atoms with E-state index in [2.05, 4.69) is 26.1 Å². The third-order valence-electron chi connectivity index (χ3n) is 10.6. The standard InChI is InChI=1S/C41H51F2N5O5S/c1-26(39(2,3)4)47(38(51)52-24-27-12-9-8-10-13-27)23-28-14-15-31-30(20-28)44-36(45-35(49)33-17-16-32(54-33)34(42)43)48(31)29-21-41(22-29)18-11-19-46(25-41)37(50)53-40(5,6)7/h8-10,12-17,20,26,29,34H,11,18-19,21-25H2,1-7H3,(H,44,45,49)/t26-,29?,41?/m0/s1. The highest BCUT2D eigenvalue weighted by molar-refractivity contribution is 7.14. The molecule has 1 aliphatic heterocycles. The average molecular weight is 764 g/mol. The summed E-state index contributed by atoms with van der Waals surface area (Å²) in [6.45, 7) is 15.5. The monoisotopic (exact) mass is 763 g/mol. The second-order valence-corrected chi connectivity index (χ2v) is 18.0. The van der Waals surface area contributed by atoms with E-state index in [-0.39, 0.29) is 51.9 Å². The lowest BCUT2D eigenvalue weighted by Gasteiger charge is -2.53. The molecule has 1 spiro atoms. The van der Waals surface area contributed by atoms with Gasteiger partial charge in [-0.25, -0.2) is 23.4 Å². The molecule has 1 N–H and O–H groups in total. The van der Waals surface area contributed by atoms with Crippen LogP contribution in [0, 0.1) is 10.8 Å². The second kappa shape index (κ2) is 15.3. The molecule has 2 aromatic heterocycles. The van der Waals surface area contributed by atoms with Crippen LogP contribution in [0.15, 0.2) is 60.7 Å². The van der Waals surface area contributed by atoms with Crippen molar-refractivity contribution in [1.29, 1.82) is 0 Å². The molecule has 3 heterocycles. The SMILES string of the molecule is C[C@H](N(Cc1ccc2c(c1)nc(NC(=O)c1ccc(C(F)F)s1)n2C1CC2(CCCN(C(=O)OC(C)(C)C)C2)C1)C(=O)OCc1ccccc1)C(C)(C)C. The first-order valence-corrected chi connectivity index (χ1v) is 19.4. The Morgan fingerprint density at radius 3 is 2.39 bits per heavy atom. The molecule has 1 atom stereocenters. The summed E-state index contributed by atoms with van der Waals surface area (Å²) in [5, 5.41) is 2.92. The molecule has 2 aliphatic rings. The minimum Gasteiger partial charge on any atom is -0.445 e. The zero-order chi connectivity index (χ0) is 39.0. The van der Waals surface area contributed by atoms with Crippen LogP contribution in [-0.4, -0.2) is 62.2 Å². The number of anilines is 1. The van der Waals surface area contributed by atoms with Gasteiger partial charge in [0.2, 0.25) is 5.95 Å². The number of nitrogens with zero attached hydrogens (tertiary/aromatic N) is 4. The molecule has 2 aromatic carbocycles. The maximum atomic E-state index is 13.6. The van der Waals surface area contributed by atoms with E-state index in [0.717, 1.165) is 53.7 Å². The summed E-state index contributed by atoms with van der Waals surface area (Å²) in [5.74, 6) is -0.196. The summed E-state index contributed by atoms with van der Waals surface area (Å²) in [6, 6.07) is 17.9. The Kier molecular flexibility index (Phi) is 11.1. The number of fused-ring (bicyclic) bond motifs is 1. The van der Waals surface area contributed by atoms with E-state index in [4.69, 9.17) is 14.5 Å². The summed E-state index contributed by atoms with van der Waals surface area (Å²) >= 11 is 0.755. The van der Waals surface area contributed by atoms with Crippen molar-refractivity contribution >= 4 is 46.4 Å². The number of rotatable bonds is 9. The van der Waals surface area contributed by atoms with Crippen molar-refractivity contribution in [3.05, 3.63) is 81.5 Å². The van der Waals surface area contributed by atoms with Crippen LogP contribution in [0.1, 0.15) is 112 Å². The van der Waals surface area contributed by atoms with Crippen molar-refractivity contribution in [2.45, 2.75) is 111 Å².